The van der Waals surface area contributed by atoms with Crippen LogP contribution in [-0.2, 0) is 0 Å². The summed E-state index contributed by atoms with van der Waals surface area (Å²) in [7, 11) is 0. The van der Waals surface area contributed by atoms with Gasteiger partial charge in [0.15, 0.2) is 0 Å². The molecule has 1 aromatic carbocycles. The Labute approximate surface area is 130 Å². The Hall–Kier alpha value is -1.46. The van der Waals surface area contributed by atoms with Gasteiger partial charge in [-0.2, -0.15) is 0 Å². The molecule has 1 aromatic rings. The first-order valence-electron chi connectivity index (χ1n) is 7.06. The van der Waals surface area contributed by atoms with Gasteiger partial charge in [0.1, 0.15) is 5.75 Å². The number of carbonyl (C=O) groups excluding carboxylic acids is 1. The number of hydrogen-bond donors (Lipinski definition) is 3. The van der Waals surface area contributed by atoms with Crippen molar-refractivity contribution in [2.75, 3.05) is 18.5 Å². The van der Waals surface area contributed by atoms with Gasteiger partial charge in [-0.05, 0) is 44.9 Å². The summed E-state index contributed by atoms with van der Waals surface area (Å²) in [5, 5.41) is 15.1. The summed E-state index contributed by atoms with van der Waals surface area (Å²) in [6, 6.07) is 4.76. The van der Waals surface area contributed by atoms with Crippen LogP contribution in [0.4, 0.5) is 10.5 Å². The van der Waals surface area contributed by atoms with E-state index in [4.69, 9.17) is 21.4 Å². The lowest BCUT2D eigenvalue weighted by atomic mass is 9.95. The monoisotopic (exact) mass is 314 g/mol. The Morgan fingerprint density at radius 3 is 2.67 bits per heavy atom. The van der Waals surface area contributed by atoms with Crippen LogP contribution in [0.5, 0.6) is 5.75 Å². The van der Waals surface area contributed by atoms with Crippen molar-refractivity contribution in [3.8, 4) is 5.75 Å². The van der Waals surface area contributed by atoms with E-state index in [-0.39, 0.29) is 12.6 Å². The van der Waals surface area contributed by atoms with Gasteiger partial charge in [-0.25, -0.2) is 4.79 Å². The topological polar surface area (TPSA) is 70.6 Å². The first-order chi connectivity index (χ1) is 9.94. The van der Waals surface area contributed by atoms with Crippen LogP contribution < -0.4 is 15.4 Å². The Morgan fingerprint density at radius 1 is 1.43 bits per heavy atom. The average Bonchev–Trinajstić information content (AvgIpc) is 2.42. The molecule has 5 nitrogen and oxygen atoms in total. The zero-order valence-corrected chi connectivity index (χ0v) is 13.5. The molecular formula is C15H23ClN2O3. The second-order valence-corrected chi connectivity index (χ2v) is 5.45. The van der Waals surface area contributed by atoms with Crippen molar-refractivity contribution in [1.82, 2.24) is 5.32 Å². The van der Waals surface area contributed by atoms with Gasteiger partial charge < -0.3 is 20.5 Å². The molecule has 0 saturated heterocycles. The summed E-state index contributed by atoms with van der Waals surface area (Å²) >= 11 is 6.07. The second kappa shape index (κ2) is 8.10. The number of nitrogens with one attached hydrogen (secondary N) is 2. The van der Waals surface area contributed by atoms with Crippen LogP contribution >= 0.6 is 11.6 Å². The molecule has 0 heterocycles. The third-order valence-electron chi connectivity index (χ3n) is 3.35. The molecule has 0 aliphatic rings. The molecule has 2 amide bonds. The molecule has 118 valence electrons. The standard InChI is InChI=1S/C15H23ClN2O3/c1-4-15(3,8-9-19)18-14(20)17-11-6-7-13(21-5-2)12(16)10-11/h6-7,10,19H,4-5,8-9H2,1-3H3,(H2,17,18,20). The molecule has 6 heteroatoms. The van der Waals surface area contributed by atoms with Crippen molar-refractivity contribution >= 4 is 23.3 Å². The number of anilines is 1. The fraction of sp³-hybridized carbons (Fsp3) is 0.533. The van der Waals surface area contributed by atoms with Gasteiger partial charge in [0, 0.05) is 17.8 Å². The number of aliphatic hydroxyl groups excluding tert-OH is 1. The van der Waals surface area contributed by atoms with Crippen molar-refractivity contribution in [3.05, 3.63) is 23.2 Å². The van der Waals surface area contributed by atoms with Gasteiger partial charge >= 0.3 is 6.03 Å². The number of rotatable bonds is 7. The van der Waals surface area contributed by atoms with E-state index in [1.54, 1.807) is 18.2 Å². The van der Waals surface area contributed by atoms with Gasteiger partial charge in [-0.1, -0.05) is 18.5 Å². The van der Waals surface area contributed by atoms with Gasteiger partial charge in [-0.15, -0.1) is 0 Å². The summed E-state index contributed by atoms with van der Waals surface area (Å²) in [4.78, 5) is 12.0. The summed E-state index contributed by atoms with van der Waals surface area (Å²) < 4.78 is 5.34. The predicted molar refractivity (Wildman–Crippen MR) is 85.2 cm³/mol. The summed E-state index contributed by atoms with van der Waals surface area (Å²) in [5.41, 5.74) is 0.150. The van der Waals surface area contributed by atoms with Gasteiger partial charge in [0.2, 0.25) is 0 Å². The highest BCUT2D eigenvalue weighted by molar-refractivity contribution is 6.32. The van der Waals surface area contributed by atoms with Crippen LogP contribution in [0.25, 0.3) is 0 Å². The maximum absolute atomic E-state index is 12.0. The minimum absolute atomic E-state index is 0.0273. The second-order valence-electron chi connectivity index (χ2n) is 5.05. The molecule has 1 atom stereocenters. The first kappa shape index (κ1) is 17.6. The fourth-order valence-electron chi connectivity index (χ4n) is 1.86. The molecule has 0 spiro atoms. The molecule has 0 fully saturated rings. The van der Waals surface area contributed by atoms with Crippen molar-refractivity contribution in [2.45, 2.75) is 39.2 Å². The lowest BCUT2D eigenvalue weighted by Crippen LogP contribution is -2.48. The molecule has 0 radical (unpaired) electrons. The molecule has 0 aliphatic carbocycles. The number of amides is 2. The van der Waals surface area contributed by atoms with Crippen molar-refractivity contribution in [2.24, 2.45) is 0 Å². The molecule has 0 aromatic heterocycles. The van der Waals surface area contributed by atoms with Crippen LogP contribution in [0.15, 0.2) is 18.2 Å². The molecule has 0 bridgehead atoms. The largest absolute Gasteiger partial charge is 0.492 e. The first-order valence-corrected chi connectivity index (χ1v) is 7.44. The normalized spacial score (nSPS) is 13.4. The number of hydrogen-bond acceptors (Lipinski definition) is 3. The van der Waals surface area contributed by atoms with Crippen LogP contribution in [0.3, 0.4) is 0 Å². The van der Waals surface area contributed by atoms with E-state index in [1.165, 1.54) is 0 Å². The number of aliphatic hydroxyl groups is 1. The fourth-order valence-corrected chi connectivity index (χ4v) is 2.10. The highest BCUT2D eigenvalue weighted by Crippen LogP contribution is 2.27. The number of benzene rings is 1. The minimum atomic E-state index is -0.437. The highest BCUT2D eigenvalue weighted by Gasteiger charge is 2.23. The quantitative estimate of drug-likeness (QED) is 0.722. The van der Waals surface area contributed by atoms with E-state index in [0.29, 0.717) is 29.5 Å². The molecular weight excluding hydrogens is 292 g/mol. The third kappa shape index (κ3) is 5.44. The van der Waals surface area contributed by atoms with Gasteiger partial charge in [-0.3, -0.25) is 0 Å². The number of ether oxygens (including phenoxy) is 1. The van der Waals surface area contributed by atoms with Crippen LogP contribution in [0.2, 0.25) is 5.02 Å². The molecule has 1 rings (SSSR count). The third-order valence-corrected chi connectivity index (χ3v) is 3.64. The van der Waals surface area contributed by atoms with E-state index in [9.17, 15) is 4.79 Å². The Morgan fingerprint density at radius 2 is 2.14 bits per heavy atom. The van der Waals surface area contributed by atoms with Gasteiger partial charge in [0.05, 0.1) is 11.6 Å². The maximum atomic E-state index is 12.0. The van der Waals surface area contributed by atoms with Crippen LogP contribution in [0, 0.1) is 0 Å². The minimum Gasteiger partial charge on any atom is -0.492 e. The smallest absolute Gasteiger partial charge is 0.319 e. The number of halogens is 1. The zero-order valence-electron chi connectivity index (χ0n) is 12.7. The van der Waals surface area contributed by atoms with E-state index < -0.39 is 5.54 Å². The SMILES string of the molecule is CCOc1ccc(NC(=O)NC(C)(CC)CCO)cc1Cl. The van der Waals surface area contributed by atoms with E-state index in [1.807, 2.05) is 20.8 Å². The average molecular weight is 315 g/mol. The van der Waals surface area contributed by atoms with Crippen molar-refractivity contribution in [3.63, 3.8) is 0 Å². The van der Waals surface area contributed by atoms with E-state index in [0.717, 1.165) is 6.42 Å². The predicted octanol–water partition coefficient (Wildman–Crippen LogP) is 3.41. The molecule has 0 aliphatic heterocycles. The van der Waals surface area contributed by atoms with Crippen molar-refractivity contribution in [1.29, 1.82) is 0 Å². The Bertz CT molecular complexity index is 482. The van der Waals surface area contributed by atoms with E-state index >= 15 is 0 Å². The van der Waals surface area contributed by atoms with Crippen LogP contribution in [-0.4, -0.2) is 29.9 Å². The Balaban J connectivity index is 2.68. The molecule has 3 N–H and O–H groups in total. The summed E-state index contributed by atoms with van der Waals surface area (Å²) in [6.45, 7) is 6.29. The molecule has 1 unspecified atom stereocenters. The lowest BCUT2D eigenvalue weighted by Gasteiger charge is -2.29. The molecule has 0 saturated carbocycles. The molecule has 21 heavy (non-hydrogen) atoms. The summed E-state index contributed by atoms with van der Waals surface area (Å²) in [6.07, 6.45) is 1.23. The van der Waals surface area contributed by atoms with Crippen molar-refractivity contribution < 1.29 is 14.6 Å². The highest BCUT2D eigenvalue weighted by atomic mass is 35.5. The van der Waals surface area contributed by atoms with E-state index in [2.05, 4.69) is 10.6 Å². The number of carbonyl (C=O) groups is 1. The maximum Gasteiger partial charge on any atom is 0.319 e. The lowest BCUT2D eigenvalue weighted by molar-refractivity contribution is 0.208. The Kier molecular flexibility index (Phi) is 6.78. The zero-order chi connectivity index (χ0) is 15.9. The number of urea groups is 1. The van der Waals surface area contributed by atoms with Crippen LogP contribution in [0.1, 0.15) is 33.6 Å². The summed E-state index contributed by atoms with van der Waals surface area (Å²) in [5.74, 6) is 0.587. The van der Waals surface area contributed by atoms with Gasteiger partial charge in [0.25, 0.3) is 0 Å².